The molecule has 0 rings (SSSR count). The molecule has 0 aromatic rings. The molecule has 0 bridgehead atoms. The molecule has 0 aliphatic carbocycles. The van der Waals surface area contributed by atoms with Crippen LogP contribution in [0.1, 0.15) is 25.7 Å². The maximum absolute atomic E-state index is 11.1. The summed E-state index contributed by atoms with van der Waals surface area (Å²) >= 11 is 0. The second kappa shape index (κ2) is 9.15. The first kappa shape index (κ1) is 13.6. The Morgan fingerprint density at radius 3 is 2.64 bits per heavy atom. The number of nitrogens with two attached hydrogens (primary N) is 1. The lowest BCUT2D eigenvalue weighted by Gasteiger charge is -2.03. The van der Waals surface area contributed by atoms with Gasteiger partial charge in [-0.2, -0.15) is 0 Å². The van der Waals surface area contributed by atoms with Crippen LogP contribution in [0.3, 0.4) is 0 Å². The normalized spacial score (nSPS) is 12.4. The maximum atomic E-state index is 11.1. The minimum atomic E-state index is -0.755. The van der Waals surface area contributed by atoms with Crippen LogP contribution in [0, 0.1) is 0 Å². The molecule has 4 nitrogen and oxygen atoms in total. The minimum absolute atomic E-state index is 0.0698. The van der Waals surface area contributed by atoms with Crippen molar-refractivity contribution in [2.45, 2.75) is 25.7 Å². The molecule has 0 fully saturated rings. The summed E-state index contributed by atoms with van der Waals surface area (Å²) in [5, 5.41) is 2.78. The summed E-state index contributed by atoms with van der Waals surface area (Å²) in [6, 6.07) is 0. The van der Waals surface area contributed by atoms with Gasteiger partial charge < -0.3 is 11.1 Å². The first-order valence-electron chi connectivity index (χ1n) is 4.93. The topological polar surface area (TPSA) is 72.2 Å². The Morgan fingerprint density at radius 1 is 1.36 bits per heavy atom. The van der Waals surface area contributed by atoms with E-state index in [0.29, 0.717) is 25.3 Å². The fraction of sp³-hybridized carbons (Fsp3) is 0.889. The first-order valence-corrected chi connectivity index (χ1v) is 6.66. The van der Waals surface area contributed by atoms with Gasteiger partial charge in [-0.25, -0.2) is 0 Å². The Hall–Kier alpha value is -0.420. The summed E-state index contributed by atoms with van der Waals surface area (Å²) in [4.78, 5) is 11.1. The van der Waals surface area contributed by atoms with E-state index in [2.05, 4.69) is 5.32 Å². The summed E-state index contributed by atoms with van der Waals surface area (Å²) in [6.45, 7) is 1.27. The molecule has 1 amide bonds. The zero-order chi connectivity index (χ0) is 10.8. The lowest BCUT2D eigenvalue weighted by molar-refractivity contribution is -0.121. The van der Waals surface area contributed by atoms with E-state index in [1.54, 1.807) is 6.26 Å². The van der Waals surface area contributed by atoms with E-state index in [4.69, 9.17) is 5.73 Å². The van der Waals surface area contributed by atoms with E-state index in [0.717, 1.165) is 19.3 Å². The van der Waals surface area contributed by atoms with Gasteiger partial charge in [-0.15, -0.1) is 0 Å². The molecule has 0 radical (unpaired) electrons. The number of carbonyl (C=O) groups is 1. The fourth-order valence-electron chi connectivity index (χ4n) is 1.02. The van der Waals surface area contributed by atoms with E-state index in [1.807, 2.05) is 0 Å². The number of hydrogen-bond donors (Lipinski definition) is 2. The molecular weight excluding hydrogens is 200 g/mol. The number of unbranched alkanes of at least 4 members (excludes halogenated alkanes) is 1. The second-order valence-electron chi connectivity index (χ2n) is 3.23. The third-order valence-corrected chi connectivity index (χ3v) is 2.65. The predicted octanol–water partition coefficient (Wildman–Crippen LogP) is 0.000200. The van der Waals surface area contributed by atoms with Gasteiger partial charge in [0.05, 0.1) is 0 Å². The van der Waals surface area contributed by atoms with E-state index in [1.165, 1.54) is 0 Å². The molecule has 5 heteroatoms. The predicted molar refractivity (Wildman–Crippen MR) is 59.5 cm³/mol. The molecule has 1 unspecified atom stereocenters. The van der Waals surface area contributed by atoms with Gasteiger partial charge in [-0.05, 0) is 25.8 Å². The van der Waals surface area contributed by atoms with Crippen molar-refractivity contribution in [2.24, 2.45) is 5.73 Å². The van der Waals surface area contributed by atoms with Crippen LogP contribution in [0.4, 0.5) is 0 Å². The lowest BCUT2D eigenvalue weighted by Crippen LogP contribution is -2.25. The monoisotopic (exact) mass is 220 g/mol. The minimum Gasteiger partial charge on any atom is -0.356 e. The van der Waals surface area contributed by atoms with Crippen molar-refractivity contribution in [3.8, 4) is 0 Å². The van der Waals surface area contributed by atoms with Crippen LogP contribution in [0.2, 0.25) is 0 Å². The summed E-state index contributed by atoms with van der Waals surface area (Å²) in [6.07, 6.45) is 4.75. The van der Waals surface area contributed by atoms with Crippen molar-refractivity contribution >= 4 is 16.7 Å². The SMILES string of the molecule is CS(=O)CCCNC(=O)CCCCN. The fourth-order valence-corrected chi connectivity index (χ4v) is 1.57. The van der Waals surface area contributed by atoms with Gasteiger partial charge in [0, 0.05) is 35.8 Å². The highest BCUT2D eigenvalue weighted by atomic mass is 32.2. The Morgan fingerprint density at radius 2 is 2.07 bits per heavy atom. The molecule has 0 saturated heterocycles. The standard InChI is InChI=1S/C9H20N2O2S/c1-14(13)8-4-7-11-9(12)5-2-3-6-10/h2-8,10H2,1H3,(H,11,12). The molecular formula is C9H20N2O2S. The van der Waals surface area contributed by atoms with Crippen molar-refractivity contribution in [1.29, 1.82) is 0 Å². The molecule has 84 valence electrons. The third kappa shape index (κ3) is 9.67. The first-order chi connectivity index (χ1) is 6.66. The quantitative estimate of drug-likeness (QED) is 0.566. The molecule has 0 saturated carbocycles. The molecule has 0 aromatic heterocycles. The van der Waals surface area contributed by atoms with Crippen LogP contribution < -0.4 is 11.1 Å². The largest absolute Gasteiger partial charge is 0.356 e. The highest BCUT2D eigenvalue weighted by Gasteiger charge is 1.99. The lowest BCUT2D eigenvalue weighted by atomic mass is 10.2. The van der Waals surface area contributed by atoms with Gasteiger partial charge in [0.15, 0.2) is 0 Å². The van der Waals surface area contributed by atoms with Crippen LogP contribution in [-0.2, 0) is 15.6 Å². The summed E-state index contributed by atoms with van der Waals surface area (Å²) < 4.78 is 10.7. The summed E-state index contributed by atoms with van der Waals surface area (Å²) in [5.74, 6) is 0.726. The maximum Gasteiger partial charge on any atom is 0.219 e. The van der Waals surface area contributed by atoms with Crippen molar-refractivity contribution < 1.29 is 9.00 Å². The number of amides is 1. The summed E-state index contributed by atoms with van der Waals surface area (Å²) in [5.41, 5.74) is 5.30. The molecule has 14 heavy (non-hydrogen) atoms. The molecule has 0 heterocycles. The van der Waals surface area contributed by atoms with Crippen LogP contribution in [-0.4, -0.2) is 35.2 Å². The zero-order valence-corrected chi connectivity index (χ0v) is 9.57. The van der Waals surface area contributed by atoms with Gasteiger partial charge >= 0.3 is 0 Å². The molecule has 0 aromatic carbocycles. The van der Waals surface area contributed by atoms with Crippen molar-refractivity contribution in [3.63, 3.8) is 0 Å². The molecule has 1 atom stereocenters. The van der Waals surface area contributed by atoms with E-state index >= 15 is 0 Å². The van der Waals surface area contributed by atoms with Crippen molar-refractivity contribution in [3.05, 3.63) is 0 Å². The number of hydrogen-bond acceptors (Lipinski definition) is 3. The van der Waals surface area contributed by atoms with Gasteiger partial charge in [-0.1, -0.05) is 0 Å². The smallest absolute Gasteiger partial charge is 0.219 e. The van der Waals surface area contributed by atoms with Gasteiger partial charge in [0.1, 0.15) is 0 Å². The van der Waals surface area contributed by atoms with Crippen LogP contribution in [0.5, 0.6) is 0 Å². The average Bonchev–Trinajstić information content (AvgIpc) is 2.13. The molecule has 0 spiro atoms. The summed E-state index contributed by atoms with van der Waals surface area (Å²) in [7, 11) is -0.755. The highest BCUT2D eigenvalue weighted by Crippen LogP contribution is 1.93. The number of rotatable bonds is 8. The van der Waals surface area contributed by atoms with Crippen LogP contribution in [0.15, 0.2) is 0 Å². The van der Waals surface area contributed by atoms with Gasteiger partial charge in [-0.3, -0.25) is 9.00 Å². The highest BCUT2D eigenvalue weighted by molar-refractivity contribution is 7.84. The second-order valence-corrected chi connectivity index (χ2v) is 4.78. The Balaban J connectivity index is 3.22. The van der Waals surface area contributed by atoms with E-state index in [-0.39, 0.29) is 5.91 Å². The average molecular weight is 220 g/mol. The molecule has 3 N–H and O–H groups in total. The van der Waals surface area contributed by atoms with Crippen LogP contribution in [0.25, 0.3) is 0 Å². The Labute approximate surface area is 88.1 Å². The van der Waals surface area contributed by atoms with E-state index < -0.39 is 10.8 Å². The molecule has 0 aliphatic rings. The third-order valence-electron chi connectivity index (χ3n) is 1.79. The van der Waals surface area contributed by atoms with Crippen LogP contribution >= 0.6 is 0 Å². The van der Waals surface area contributed by atoms with Crippen molar-refractivity contribution in [1.82, 2.24) is 5.32 Å². The number of nitrogens with one attached hydrogen (secondary N) is 1. The Kier molecular flexibility index (Phi) is 8.87. The Bertz CT molecular complexity index is 186. The number of carbonyl (C=O) groups excluding carboxylic acids is 1. The zero-order valence-electron chi connectivity index (χ0n) is 8.75. The van der Waals surface area contributed by atoms with E-state index in [9.17, 15) is 9.00 Å². The van der Waals surface area contributed by atoms with Gasteiger partial charge in [0.25, 0.3) is 0 Å². The molecule has 0 aliphatic heterocycles. The van der Waals surface area contributed by atoms with Crippen molar-refractivity contribution in [2.75, 3.05) is 25.1 Å². The van der Waals surface area contributed by atoms with Gasteiger partial charge in [0.2, 0.25) is 5.91 Å².